The molecule has 0 radical (unpaired) electrons. The van der Waals surface area contributed by atoms with Gasteiger partial charge in [0.15, 0.2) is 0 Å². The normalized spacial score (nSPS) is 11.6. The van der Waals surface area contributed by atoms with Gasteiger partial charge in [0.1, 0.15) is 0 Å². The zero-order chi connectivity index (χ0) is 99.1. The van der Waals surface area contributed by atoms with Crippen LogP contribution in [0.15, 0.2) is 528 Å². The third-order valence-electron chi connectivity index (χ3n) is 29.6. The number of aromatic nitrogens is 9. The van der Waals surface area contributed by atoms with Gasteiger partial charge in [-0.25, -0.2) is 24.9 Å². The van der Waals surface area contributed by atoms with Crippen molar-refractivity contribution in [2.24, 2.45) is 0 Å². The Kier molecular flexibility index (Phi) is 21.8. The van der Waals surface area contributed by atoms with Crippen LogP contribution < -0.4 is 0 Å². The summed E-state index contributed by atoms with van der Waals surface area (Å²) in [6, 6.07) is 179. The highest BCUT2D eigenvalue weighted by Gasteiger charge is 2.24. The highest BCUT2D eigenvalue weighted by Crippen LogP contribution is 2.48. The maximum absolute atomic E-state index is 5.45. The van der Waals surface area contributed by atoms with E-state index in [2.05, 4.69) is 460 Å². The predicted octanol–water partition coefficient (Wildman–Crippen LogP) is 36.9. The number of benzene rings is 21. The Labute approximate surface area is 863 Å². The second kappa shape index (κ2) is 37.2. The van der Waals surface area contributed by atoms with Gasteiger partial charge in [-0.1, -0.05) is 382 Å². The van der Waals surface area contributed by atoms with E-state index < -0.39 is 0 Å². The molecule has 0 aliphatic carbocycles. The molecule has 0 fully saturated rings. The summed E-state index contributed by atoms with van der Waals surface area (Å²) in [6.45, 7) is 0. The third kappa shape index (κ3) is 16.2. The second-order valence-corrected chi connectivity index (χ2v) is 38.6. The van der Waals surface area contributed by atoms with Crippen molar-refractivity contribution < 1.29 is 0 Å². The minimum Gasteiger partial charge on any atom is -0.255 e. The minimum atomic E-state index is 0.843. The first-order valence-corrected chi connectivity index (χ1v) is 50.8. The van der Waals surface area contributed by atoms with Gasteiger partial charge in [-0.05, 0) is 258 Å². The van der Waals surface area contributed by atoms with E-state index in [9.17, 15) is 0 Å². The van der Waals surface area contributed by atoms with Crippen LogP contribution >= 0.6 is 0 Å². The first-order valence-electron chi connectivity index (χ1n) is 50.8. The molecule has 21 aromatic carbocycles. The van der Waals surface area contributed by atoms with E-state index in [0.29, 0.717) is 0 Å². The Morgan fingerprint density at radius 1 is 0.120 bits per heavy atom. The summed E-state index contributed by atoms with van der Waals surface area (Å²) >= 11 is 0. The van der Waals surface area contributed by atoms with Crippen LogP contribution in [-0.4, -0.2) is 44.9 Å². The molecule has 0 amide bonds. The summed E-state index contributed by atoms with van der Waals surface area (Å²) in [7, 11) is 0. The lowest BCUT2D eigenvalue weighted by atomic mass is 9.90. The van der Waals surface area contributed by atoms with Gasteiger partial charge in [0, 0.05) is 107 Å². The van der Waals surface area contributed by atoms with Crippen LogP contribution in [-0.2, 0) is 0 Å². The quantitative estimate of drug-likeness (QED) is 0.110. The fourth-order valence-electron chi connectivity index (χ4n) is 22.1. The van der Waals surface area contributed by atoms with Crippen molar-refractivity contribution in [3.8, 4) is 135 Å². The molecule has 0 aliphatic heterocycles. The minimum absolute atomic E-state index is 0.843. The smallest absolute Gasteiger partial charge is 0.0972 e. The molecular formula is C141H87N9. The topological polar surface area (TPSA) is 116 Å². The predicted molar refractivity (Wildman–Crippen MR) is 627 cm³/mol. The number of fused-ring (bicyclic) bond motifs is 19. The van der Waals surface area contributed by atoms with Crippen molar-refractivity contribution in [1.82, 2.24) is 44.9 Å². The van der Waals surface area contributed by atoms with Gasteiger partial charge in [0.25, 0.3) is 0 Å². The molecule has 0 aliphatic rings. The molecule has 150 heavy (non-hydrogen) atoms. The van der Waals surface area contributed by atoms with Crippen LogP contribution in [0.2, 0.25) is 0 Å². The molecule has 30 aromatic rings. The molecule has 696 valence electrons. The Balaban J connectivity index is 0.000000108. The van der Waals surface area contributed by atoms with Crippen molar-refractivity contribution in [3.63, 3.8) is 0 Å². The van der Waals surface area contributed by atoms with Crippen molar-refractivity contribution in [1.29, 1.82) is 0 Å². The summed E-state index contributed by atoms with van der Waals surface area (Å²) < 4.78 is 0. The Hall–Kier alpha value is -20.1. The van der Waals surface area contributed by atoms with Gasteiger partial charge in [-0.2, -0.15) is 0 Å². The Bertz CT molecular complexity index is 10700. The molecule has 9 aromatic heterocycles. The summed E-state index contributed by atoms with van der Waals surface area (Å²) in [5.41, 5.74) is 29.5. The SMILES string of the molecule is c1ccc(-c2ccc(-c3cc(-c4ccc5ccccc5c4)nc4c3cc(-c3ccc5ccccc5c3)c3ccccc34)cn2)nc1.c1ccc2cc(-c3cc(-c4ccc(-c5ccc6ccccc6n5)nc4)c4cc(-c5ccc6ccccc6c5)c5ccccc5c4n3)ccc2c1.c1ccc2cc(-c3cc(-c4ccc(-c5nc6ccccc6c6ccccc56)nc4)c4cc(-c5ccc6ccccc6c5)c5ccccc5c4n3)ccc2c1. The molecule has 0 atom stereocenters. The molecule has 0 N–H and O–H groups in total. The molecule has 9 heteroatoms. The Morgan fingerprint density at radius 3 is 0.753 bits per heavy atom. The van der Waals surface area contributed by atoms with Crippen molar-refractivity contribution >= 4 is 162 Å². The number of rotatable bonds is 12. The number of pyridine rings is 9. The molecule has 0 bridgehead atoms. The summed E-state index contributed by atoms with van der Waals surface area (Å²) in [4.78, 5) is 45.8. The second-order valence-electron chi connectivity index (χ2n) is 38.6. The fraction of sp³-hybridized carbons (Fsp3) is 0. The zero-order valence-corrected chi connectivity index (χ0v) is 81.3. The zero-order valence-electron chi connectivity index (χ0n) is 81.3. The van der Waals surface area contributed by atoms with Gasteiger partial charge >= 0.3 is 0 Å². The van der Waals surface area contributed by atoms with Gasteiger partial charge in [0.05, 0.1) is 78.8 Å². The number of para-hydroxylation sites is 2. The number of hydrogen-bond donors (Lipinski definition) is 0. The van der Waals surface area contributed by atoms with E-state index in [-0.39, 0.29) is 0 Å². The number of hydrogen-bond acceptors (Lipinski definition) is 9. The van der Waals surface area contributed by atoms with E-state index in [1.165, 1.54) is 120 Å². The summed E-state index contributed by atoms with van der Waals surface area (Å²) in [6.07, 6.45) is 7.76. The van der Waals surface area contributed by atoms with Gasteiger partial charge in [-0.15, -0.1) is 0 Å². The number of nitrogens with zero attached hydrogens (tertiary/aromatic N) is 9. The molecule has 0 spiro atoms. The van der Waals surface area contributed by atoms with Crippen LogP contribution in [0.3, 0.4) is 0 Å². The lowest BCUT2D eigenvalue weighted by Gasteiger charge is -2.16. The lowest BCUT2D eigenvalue weighted by molar-refractivity contribution is 1.25. The monoisotopic (exact) mass is 1910 g/mol. The molecule has 0 saturated heterocycles. The molecule has 0 saturated carbocycles. The van der Waals surface area contributed by atoms with Gasteiger partial charge in [0.2, 0.25) is 0 Å². The van der Waals surface area contributed by atoms with Crippen molar-refractivity contribution in [2.45, 2.75) is 0 Å². The van der Waals surface area contributed by atoms with E-state index in [0.717, 1.165) is 177 Å². The first-order chi connectivity index (χ1) is 74.3. The molecule has 9 heterocycles. The van der Waals surface area contributed by atoms with Crippen LogP contribution in [0.1, 0.15) is 0 Å². The van der Waals surface area contributed by atoms with E-state index in [4.69, 9.17) is 39.9 Å². The highest BCUT2D eigenvalue weighted by atomic mass is 14.8. The molecule has 30 rings (SSSR count). The largest absolute Gasteiger partial charge is 0.255 e. The summed E-state index contributed by atoms with van der Waals surface area (Å²) in [5.74, 6) is 0. The van der Waals surface area contributed by atoms with Crippen LogP contribution in [0.25, 0.3) is 297 Å². The van der Waals surface area contributed by atoms with Crippen LogP contribution in [0.4, 0.5) is 0 Å². The molecule has 9 nitrogen and oxygen atoms in total. The average molecular weight is 1910 g/mol. The molecule has 0 unspecified atom stereocenters. The van der Waals surface area contributed by atoms with Gasteiger partial charge < -0.3 is 0 Å². The van der Waals surface area contributed by atoms with Crippen LogP contribution in [0, 0.1) is 0 Å². The fourth-order valence-corrected chi connectivity index (χ4v) is 22.1. The van der Waals surface area contributed by atoms with Crippen molar-refractivity contribution in [2.75, 3.05) is 0 Å². The third-order valence-corrected chi connectivity index (χ3v) is 29.6. The highest BCUT2D eigenvalue weighted by molar-refractivity contribution is 6.21. The van der Waals surface area contributed by atoms with Crippen LogP contribution in [0.5, 0.6) is 0 Å². The van der Waals surface area contributed by atoms with E-state index >= 15 is 0 Å². The van der Waals surface area contributed by atoms with E-state index in [1.807, 2.05) is 67.1 Å². The molecular weight excluding hydrogens is 1820 g/mol. The maximum Gasteiger partial charge on any atom is 0.0972 e. The van der Waals surface area contributed by atoms with E-state index in [1.54, 1.807) is 6.20 Å². The summed E-state index contributed by atoms with van der Waals surface area (Å²) in [5, 5.41) is 29.3. The first kappa shape index (κ1) is 87.6. The average Bonchev–Trinajstić information content (AvgIpc) is 0.741. The standard InChI is InChI=1S/C51H31N3.C47H29N3.C43H27N3/c1-3-13-34-27-36(23-21-32(34)11-1)44-29-46-45(38-25-26-48(52-31-38)51-43-19-8-5-15-39(43)41-17-9-10-20-47(41)53-51)30-49(54-50(46)42-18-7-6-16-40(42)44)37-24-22-33-12-2-4-14-35(33)28-37;1-3-12-33-25-35(19-17-30(33)9-1)40-27-42-41(37-22-23-44(48-29-37)45-24-21-32-11-5-8-16-43(32)49-45)28-46(50-47(42)39-15-7-6-14-38(39)40)36-20-18-31-10-2-4-13-34(31)26-36;1-3-11-30-23-32(18-16-28(30)9-1)37-25-39-38(34-20-21-41(45-27-34)40-15-7-8-22-44-40)26-42(46-43(39)36-14-6-5-13-35(36)37)33-19-17-29-10-2-4-12-31(29)24-33/h1-31H;1-29H;1-27H. The Morgan fingerprint density at radius 2 is 0.387 bits per heavy atom. The van der Waals surface area contributed by atoms with Crippen molar-refractivity contribution in [3.05, 3.63) is 528 Å². The maximum atomic E-state index is 5.45. The van der Waals surface area contributed by atoms with Gasteiger partial charge in [-0.3, -0.25) is 19.9 Å². The lowest BCUT2D eigenvalue weighted by Crippen LogP contribution is -1.95.